The van der Waals surface area contributed by atoms with Gasteiger partial charge < -0.3 is 15.5 Å². The zero-order valence-electron chi connectivity index (χ0n) is 13.1. The highest BCUT2D eigenvalue weighted by molar-refractivity contribution is 6.35. The SMILES string of the molecule is CC(C)C[C@H](NC(=O)CCC(=O)c1cc(Cl)ccc1Cl)C(O)O. The van der Waals surface area contributed by atoms with Crippen LogP contribution in [0.15, 0.2) is 18.2 Å². The molecule has 0 spiro atoms. The molecule has 0 unspecified atom stereocenters. The van der Waals surface area contributed by atoms with Crippen LogP contribution in [-0.4, -0.2) is 34.2 Å². The minimum Gasteiger partial charge on any atom is -0.366 e. The van der Waals surface area contributed by atoms with Crippen LogP contribution in [0.25, 0.3) is 0 Å². The summed E-state index contributed by atoms with van der Waals surface area (Å²) in [7, 11) is 0. The third-order valence-electron chi connectivity index (χ3n) is 3.24. The van der Waals surface area contributed by atoms with E-state index < -0.39 is 18.2 Å². The monoisotopic (exact) mass is 361 g/mol. The Bertz CT molecular complexity index is 561. The Balaban J connectivity index is 2.58. The molecule has 1 rings (SSSR count). The van der Waals surface area contributed by atoms with E-state index in [1.165, 1.54) is 12.1 Å². The highest BCUT2D eigenvalue weighted by atomic mass is 35.5. The number of Topliss-reactive ketones (excluding diaryl/α,β-unsaturated/α-hetero) is 1. The zero-order chi connectivity index (χ0) is 17.6. The first kappa shape index (κ1) is 19.9. The van der Waals surface area contributed by atoms with Gasteiger partial charge in [0.1, 0.15) is 0 Å². The van der Waals surface area contributed by atoms with E-state index in [1.807, 2.05) is 13.8 Å². The zero-order valence-corrected chi connectivity index (χ0v) is 14.6. The second-order valence-corrected chi connectivity index (χ2v) is 6.61. The summed E-state index contributed by atoms with van der Waals surface area (Å²) in [6, 6.07) is 3.81. The fourth-order valence-electron chi connectivity index (χ4n) is 2.11. The standard InChI is InChI=1S/C16H21Cl2NO4/c1-9(2)7-13(16(22)23)19-15(21)6-5-14(20)11-8-10(17)3-4-12(11)18/h3-4,8-9,13,16,22-23H,5-7H2,1-2H3,(H,19,21)/t13-/m0/s1. The Morgan fingerprint density at radius 3 is 2.39 bits per heavy atom. The molecule has 5 nitrogen and oxygen atoms in total. The highest BCUT2D eigenvalue weighted by Gasteiger charge is 2.21. The molecule has 23 heavy (non-hydrogen) atoms. The lowest BCUT2D eigenvalue weighted by Crippen LogP contribution is -2.44. The molecule has 128 valence electrons. The maximum Gasteiger partial charge on any atom is 0.220 e. The van der Waals surface area contributed by atoms with E-state index >= 15 is 0 Å². The molecule has 0 aliphatic carbocycles. The van der Waals surface area contributed by atoms with Gasteiger partial charge in [0.05, 0.1) is 11.1 Å². The van der Waals surface area contributed by atoms with Gasteiger partial charge >= 0.3 is 0 Å². The molecule has 1 aromatic carbocycles. The number of hydrogen-bond donors (Lipinski definition) is 3. The summed E-state index contributed by atoms with van der Waals surface area (Å²) < 4.78 is 0. The van der Waals surface area contributed by atoms with Crippen LogP contribution in [0, 0.1) is 5.92 Å². The summed E-state index contributed by atoms with van der Waals surface area (Å²) in [4.78, 5) is 24.0. The van der Waals surface area contributed by atoms with Crippen LogP contribution in [0.3, 0.4) is 0 Å². The summed E-state index contributed by atoms with van der Waals surface area (Å²) in [5.74, 6) is -0.526. The third kappa shape index (κ3) is 6.87. The van der Waals surface area contributed by atoms with Crippen molar-refractivity contribution in [1.29, 1.82) is 0 Å². The van der Waals surface area contributed by atoms with Crippen LogP contribution >= 0.6 is 23.2 Å². The molecule has 3 N–H and O–H groups in total. The molecular formula is C16H21Cl2NO4. The molecule has 0 saturated carbocycles. The lowest BCUT2D eigenvalue weighted by molar-refractivity contribution is -0.127. The fourth-order valence-corrected chi connectivity index (χ4v) is 2.51. The van der Waals surface area contributed by atoms with Gasteiger partial charge in [-0.2, -0.15) is 0 Å². The van der Waals surface area contributed by atoms with Gasteiger partial charge in [-0.25, -0.2) is 0 Å². The average Bonchev–Trinajstić information content (AvgIpc) is 2.46. The maximum atomic E-state index is 12.1. The number of carbonyl (C=O) groups excluding carboxylic acids is 2. The van der Waals surface area contributed by atoms with Crippen molar-refractivity contribution in [1.82, 2.24) is 5.32 Å². The number of aliphatic hydroxyl groups excluding tert-OH is 1. The smallest absolute Gasteiger partial charge is 0.220 e. The molecule has 0 bridgehead atoms. The molecule has 0 saturated heterocycles. The van der Waals surface area contributed by atoms with Crippen molar-refractivity contribution in [3.8, 4) is 0 Å². The maximum absolute atomic E-state index is 12.1. The largest absolute Gasteiger partial charge is 0.366 e. The van der Waals surface area contributed by atoms with Crippen molar-refractivity contribution in [2.75, 3.05) is 0 Å². The molecule has 0 aromatic heterocycles. The van der Waals surface area contributed by atoms with Crippen molar-refractivity contribution >= 4 is 34.9 Å². The Morgan fingerprint density at radius 2 is 1.83 bits per heavy atom. The minimum absolute atomic E-state index is 0.0399. The number of aliphatic hydroxyl groups is 2. The topological polar surface area (TPSA) is 86.6 Å². The van der Waals surface area contributed by atoms with Crippen LogP contribution < -0.4 is 5.32 Å². The number of amides is 1. The van der Waals surface area contributed by atoms with Gasteiger partial charge in [0, 0.05) is 23.4 Å². The van der Waals surface area contributed by atoms with Gasteiger partial charge in [-0.1, -0.05) is 37.0 Å². The Kier molecular flexibility index (Phi) is 7.99. The summed E-state index contributed by atoms with van der Waals surface area (Å²) >= 11 is 11.8. The second kappa shape index (κ2) is 9.23. The second-order valence-electron chi connectivity index (χ2n) is 5.76. The first-order valence-electron chi connectivity index (χ1n) is 7.34. The summed E-state index contributed by atoms with van der Waals surface area (Å²) in [6.07, 6.45) is -1.32. The van der Waals surface area contributed by atoms with Gasteiger partial charge in [0.25, 0.3) is 0 Å². The molecule has 0 radical (unpaired) electrons. The van der Waals surface area contributed by atoms with E-state index in [0.717, 1.165) is 0 Å². The first-order chi connectivity index (χ1) is 10.7. The normalized spacial score (nSPS) is 12.5. The van der Waals surface area contributed by atoms with Crippen molar-refractivity contribution in [3.63, 3.8) is 0 Å². The number of hydrogen-bond acceptors (Lipinski definition) is 4. The summed E-state index contributed by atoms with van der Waals surface area (Å²) in [5.41, 5.74) is 0.271. The lowest BCUT2D eigenvalue weighted by atomic mass is 10.0. The Morgan fingerprint density at radius 1 is 1.17 bits per heavy atom. The molecule has 0 heterocycles. The Labute approximate surface area is 145 Å². The van der Waals surface area contributed by atoms with Crippen LogP contribution in [-0.2, 0) is 4.79 Å². The molecule has 0 aliphatic rings. The van der Waals surface area contributed by atoms with Crippen LogP contribution in [0.1, 0.15) is 43.5 Å². The summed E-state index contributed by atoms with van der Waals surface area (Å²) in [6.45, 7) is 3.82. The summed E-state index contributed by atoms with van der Waals surface area (Å²) in [5, 5.41) is 21.8. The van der Waals surface area contributed by atoms with E-state index in [1.54, 1.807) is 6.07 Å². The lowest BCUT2D eigenvalue weighted by Gasteiger charge is -2.22. The number of nitrogens with one attached hydrogen (secondary N) is 1. The number of rotatable bonds is 8. The third-order valence-corrected chi connectivity index (χ3v) is 3.80. The predicted molar refractivity (Wildman–Crippen MR) is 89.6 cm³/mol. The van der Waals surface area contributed by atoms with Crippen molar-refractivity contribution < 1.29 is 19.8 Å². The van der Waals surface area contributed by atoms with Crippen LogP contribution in [0.4, 0.5) is 0 Å². The molecule has 0 fully saturated rings. The fraction of sp³-hybridized carbons (Fsp3) is 0.500. The van der Waals surface area contributed by atoms with Gasteiger partial charge in [0.15, 0.2) is 12.1 Å². The van der Waals surface area contributed by atoms with Crippen molar-refractivity contribution in [3.05, 3.63) is 33.8 Å². The number of benzene rings is 1. The molecule has 1 atom stereocenters. The Hall–Kier alpha value is -1.14. The van der Waals surface area contributed by atoms with Gasteiger partial charge in [0.2, 0.25) is 5.91 Å². The van der Waals surface area contributed by atoms with E-state index in [9.17, 15) is 19.8 Å². The number of ketones is 1. The number of carbonyl (C=O) groups is 2. The van der Waals surface area contributed by atoms with E-state index in [0.29, 0.717) is 11.4 Å². The molecule has 7 heteroatoms. The number of halogens is 2. The molecule has 1 amide bonds. The quantitative estimate of drug-likeness (QED) is 0.490. The van der Waals surface area contributed by atoms with Gasteiger partial charge in [-0.15, -0.1) is 0 Å². The van der Waals surface area contributed by atoms with E-state index in [4.69, 9.17) is 23.2 Å². The highest BCUT2D eigenvalue weighted by Crippen LogP contribution is 2.22. The van der Waals surface area contributed by atoms with Gasteiger partial charge in [-0.05, 0) is 30.5 Å². The van der Waals surface area contributed by atoms with E-state index in [-0.39, 0.29) is 35.1 Å². The molecular weight excluding hydrogens is 341 g/mol. The van der Waals surface area contributed by atoms with Crippen molar-refractivity contribution in [2.45, 2.75) is 45.4 Å². The predicted octanol–water partition coefficient (Wildman–Crippen LogP) is 2.80. The van der Waals surface area contributed by atoms with Crippen LogP contribution in [0.2, 0.25) is 10.0 Å². The minimum atomic E-state index is -1.64. The van der Waals surface area contributed by atoms with E-state index in [2.05, 4.69) is 5.32 Å². The molecule has 1 aromatic rings. The molecule has 0 aliphatic heterocycles. The van der Waals surface area contributed by atoms with Crippen molar-refractivity contribution in [2.24, 2.45) is 5.92 Å². The average molecular weight is 362 g/mol. The first-order valence-corrected chi connectivity index (χ1v) is 8.10. The van der Waals surface area contributed by atoms with Gasteiger partial charge in [-0.3, -0.25) is 9.59 Å². The van der Waals surface area contributed by atoms with Crippen LogP contribution in [0.5, 0.6) is 0 Å².